The van der Waals surface area contributed by atoms with Crippen molar-refractivity contribution in [3.05, 3.63) is 40.8 Å². The number of carbonyl (C=O) groups excluding carboxylic acids is 1. The Hall–Kier alpha value is -2.37. The van der Waals surface area contributed by atoms with Crippen molar-refractivity contribution in [1.82, 2.24) is 20.1 Å². The van der Waals surface area contributed by atoms with Crippen LogP contribution in [0.1, 0.15) is 41.2 Å². The molecule has 22 heavy (non-hydrogen) atoms. The molecule has 0 aromatic carbocycles. The van der Waals surface area contributed by atoms with Gasteiger partial charge >= 0.3 is 0 Å². The van der Waals surface area contributed by atoms with Crippen LogP contribution >= 0.6 is 0 Å². The number of nitrogens with one attached hydrogen (secondary N) is 1. The Balaban J connectivity index is 1.99. The minimum atomic E-state index is -0.120. The highest BCUT2D eigenvalue weighted by molar-refractivity contribution is 5.96. The van der Waals surface area contributed by atoms with Crippen LogP contribution in [0, 0.1) is 13.8 Å². The van der Waals surface area contributed by atoms with Gasteiger partial charge < -0.3 is 10.1 Å². The molecule has 0 aliphatic heterocycles. The highest BCUT2D eigenvalue weighted by Crippen LogP contribution is 2.13. The number of carbonyl (C=O) groups is 1. The van der Waals surface area contributed by atoms with Crippen molar-refractivity contribution in [2.45, 2.75) is 40.3 Å². The van der Waals surface area contributed by atoms with E-state index in [0.29, 0.717) is 18.0 Å². The Labute approximate surface area is 130 Å². The number of hydrogen-bond acceptors (Lipinski definition) is 4. The number of amides is 1. The van der Waals surface area contributed by atoms with Gasteiger partial charge in [0.1, 0.15) is 0 Å². The molecular formula is C16H22N4O2. The third kappa shape index (κ3) is 3.63. The first kappa shape index (κ1) is 16.0. The molecule has 1 N–H and O–H groups in total. The average molecular weight is 302 g/mol. The van der Waals surface area contributed by atoms with E-state index in [1.54, 1.807) is 10.9 Å². The first-order chi connectivity index (χ1) is 10.4. The maximum Gasteiger partial charge on any atom is 0.255 e. The van der Waals surface area contributed by atoms with Gasteiger partial charge in [-0.05, 0) is 33.3 Å². The van der Waals surface area contributed by atoms with Crippen LogP contribution in [0.25, 0.3) is 0 Å². The molecule has 0 atom stereocenters. The summed E-state index contributed by atoms with van der Waals surface area (Å²) < 4.78 is 7.20. The fraction of sp³-hybridized carbons (Fsp3) is 0.438. The van der Waals surface area contributed by atoms with Crippen molar-refractivity contribution in [1.29, 1.82) is 0 Å². The Kier molecular flexibility index (Phi) is 4.80. The topological polar surface area (TPSA) is 69.0 Å². The molecule has 0 unspecified atom stereocenters. The van der Waals surface area contributed by atoms with Gasteiger partial charge in [-0.25, -0.2) is 4.98 Å². The molecule has 0 spiro atoms. The maximum absolute atomic E-state index is 12.3. The van der Waals surface area contributed by atoms with Gasteiger partial charge in [-0.1, -0.05) is 6.07 Å². The normalized spacial score (nSPS) is 10.8. The van der Waals surface area contributed by atoms with Gasteiger partial charge in [0, 0.05) is 31.5 Å². The maximum atomic E-state index is 12.3. The number of nitrogens with zero attached hydrogens (tertiary/aromatic N) is 3. The zero-order valence-corrected chi connectivity index (χ0v) is 13.7. The van der Waals surface area contributed by atoms with E-state index in [1.807, 2.05) is 46.9 Å². The molecule has 2 heterocycles. The van der Waals surface area contributed by atoms with E-state index in [9.17, 15) is 4.79 Å². The van der Waals surface area contributed by atoms with Crippen LogP contribution in [0.3, 0.4) is 0 Å². The van der Waals surface area contributed by atoms with E-state index in [1.165, 1.54) is 0 Å². The molecule has 0 radical (unpaired) electrons. The summed E-state index contributed by atoms with van der Waals surface area (Å²) in [5.41, 5.74) is 3.14. The van der Waals surface area contributed by atoms with Crippen molar-refractivity contribution < 1.29 is 9.53 Å². The number of aromatic nitrogens is 3. The minimum absolute atomic E-state index is 0.0922. The monoisotopic (exact) mass is 302 g/mol. The molecular weight excluding hydrogens is 280 g/mol. The second kappa shape index (κ2) is 6.60. The van der Waals surface area contributed by atoms with E-state index in [2.05, 4.69) is 15.4 Å². The zero-order valence-electron chi connectivity index (χ0n) is 13.7. The van der Waals surface area contributed by atoms with Gasteiger partial charge in [-0.2, -0.15) is 5.10 Å². The summed E-state index contributed by atoms with van der Waals surface area (Å²) in [6.07, 6.45) is 1.80. The predicted octanol–water partition coefficient (Wildman–Crippen LogP) is 2.15. The Morgan fingerprint density at radius 1 is 1.36 bits per heavy atom. The van der Waals surface area contributed by atoms with E-state index < -0.39 is 0 Å². The fourth-order valence-electron chi connectivity index (χ4n) is 2.20. The zero-order chi connectivity index (χ0) is 16.3. The summed E-state index contributed by atoms with van der Waals surface area (Å²) in [6, 6.07) is 3.70. The number of pyridine rings is 1. The predicted molar refractivity (Wildman–Crippen MR) is 83.9 cm³/mol. The molecule has 0 bridgehead atoms. The van der Waals surface area contributed by atoms with Crippen molar-refractivity contribution in [3.8, 4) is 5.88 Å². The lowest BCUT2D eigenvalue weighted by Gasteiger charge is -2.09. The van der Waals surface area contributed by atoms with Gasteiger partial charge in [-0.15, -0.1) is 0 Å². The molecule has 2 aromatic rings. The minimum Gasteiger partial charge on any atom is -0.475 e. The Morgan fingerprint density at radius 2 is 2.09 bits per heavy atom. The van der Waals surface area contributed by atoms with E-state index in [4.69, 9.17) is 4.74 Å². The van der Waals surface area contributed by atoms with Gasteiger partial charge in [0.05, 0.1) is 17.4 Å². The first-order valence-corrected chi connectivity index (χ1v) is 7.28. The molecule has 0 aliphatic carbocycles. The van der Waals surface area contributed by atoms with Gasteiger partial charge in [0.2, 0.25) is 5.88 Å². The van der Waals surface area contributed by atoms with Crippen LogP contribution in [-0.2, 0) is 13.6 Å². The Morgan fingerprint density at radius 3 is 2.59 bits per heavy atom. The van der Waals surface area contributed by atoms with Gasteiger partial charge in [0.15, 0.2) is 0 Å². The van der Waals surface area contributed by atoms with Crippen molar-refractivity contribution in [2.75, 3.05) is 0 Å². The molecule has 0 saturated carbocycles. The average Bonchev–Trinajstić information content (AvgIpc) is 2.70. The summed E-state index contributed by atoms with van der Waals surface area (Å²) in [4.78, 5) is 16.5. The molecule has 118 valence electrons. The number of ether oxygens (including phenoxy) is 1. The molecule has 2 aromatic heterocycles. The Bertz CT molecular complexity index is 660. The molecule has 2 rings (SSSR count). The van der Waals surface area contributed by atoms with Gasteiger partial charge in [-0.3, -0.25) is 9.48 Å². The standard InChI is InChI=1S/C16H22N4O2/c1-10(2)22-14-7-6-13(8-17-14)9-18-16(21)15-11(3)19-20(5)12(15)4/h6-8,10H,9H2,1-5H3,(H,18,21). The molecule has 0 aliphatic rings. The van der Waals surface area contributed by atoms with Crippen LogP contribution in [0.15, 0.2) is 18.3 Å². The molecule has 1 amide bonds. The summed E-state index contributed by atoms with van der Waals surface area (Å²) in [6.45, 7) is 8.04. The molecule has 6 heteroatoms. The lowest BCUT2D eigenvalue weighted by atomic mass is 10.2. The highest BCUT2D eigenvalue weighted by Gasteiger charge is 2.16. The van der Waals surface area contributed by atoms with Crippen molar-refractivity contribution in [3.63, 3.8) is 0 Å². The van der Waals surface area contributed by atoms with Gasteiger partial charge in [0.25, 0.3) is 5.91 Å². The van der Waals surface area contributed by atoms with E-state index in [-0.39, 0.29) is 12.0 Å². The van der Waals surface area contributed by atoms with Crippen LogP contribution in [-0.4, -0.2) is 26.8 Å². The van der Waals surface area contributed by atoms with Crippen LogP contribution in [0.5, 0.6) is 5.88 Å². The van der Waals surface area contributed by atoms with Crippen molar-refractivity contribution >= 4 is 5.91 Å². The first-order valence-electron chi connectivity index (χ1n) is 7.28. The highest BCUT2D eigenvalue weighted by atomic mass is 16.5. The number of aryl methyl sites for hydroxylation is 2. The number of hydrogen-bond donors (Lipinski definition) is 1. The lowest BCUT2D eigenvalue weighted by Crippen LogP contribution is -2.24. The molecule has 0 fully saturated rings. The van der Waals surface area contributed by atoms with Crippen molar-refractivity contribution in [2.24, 2.45) is 7.05 Å². The smallest absolute Gasteiger partial charge is 0.255 e. The quantitative estimate of drug-likeness (QED) is 0.919. The third-order valence-electron chi connectivity index (χ3n) is 3.34. The van der Waals surface area contributed by atoms with Crippen LogP contribution in [0.4, 0.5) is 0 Å². The second-order valence-corrected chi connectivity index (χ2v) is 5.52. The van der Waals surface area contributed by atoms with Crippen LogP contribution in [0.2, 0.25) is 0 Å². The third-order valence-corrected chi connectivity index (χ3v) is 3.34. The molecule has 0 saturated heterocycles. The van der Waals surface area contributed by atoms with Crippen LogP contribution < -0.4 is 10.1 Å². The molecule has 6 nitrogen and oxygen atoms in total. The second-order valence-electron chi connectivity index (χ2n) is 5.52. The van der Waals surface area contributed by atoms with E-state index in [0.717, 1.165) is 17.0 Å². The largest absolute Gasteiger partial charge is 0.475 e. The lowest BCUT2D eigenvalue weighted by molar-refractivity contribution is 0.0949. The van der Waals surface area contributed by atoms with E-state index >= 15 is 0 Å². The summed E-state index contributed by atoms with van der Waals surface area (Å²) in [5.74, 6) is 0.467. The number of rotatable bonds is 5. The fourth-order valence-corrected chi connectivity index (χ4v) is 2.20. The summed E-state index contributed by atoms with van der Waals surface area (Å²) >= 11 is 0. The SMILES string of the molecule is Cc1nn(C)c(C)c1C(=O)NCc1ccc(OC(C)C)nc1. The summed E-state index contributed by atoms with van der Waals surface area (Å²) in [5, 5.41) is 7.15. The summed E-state index contributed by atoms with van der Waals surface area (Å²) in [7, 11) is 1.83.